The molecule has 2 heteroatoms. The standard InChI is InChI=1S/C14H17BrO/c1-3-14(13(16)9-15)8-11-6-4-5-7-12(11)10(14)2/h4-7,10H,3,8-9H2,1-2H3. The minimum atomic E-state index is -0.173. The van der Waals surface area contributed by atoms with E-state index in [-0.39, 0.29) is 5.41 Å². The number of benzene rings is 1. The van der Waals surface area contributed by atoms with Crippen LogP contribution in [0, 0.1) is 5.41 Å². The number of alkyl halides is 1. The molecule has 2 rings (SSSR count). The largest absolute Gasteiger partial charge is 0.298 e. The van der Waals surface area contributed by atoms with Crippen molar-refractivity contribution in [3.8, 4) is 0 Å². The van der Waals surface area contributed by atoms with Crippen molar-refractivity contribution in [2.24, 2.45) is 5.41 Å². The highest BCUT2D eigenvalue weighted by molar-refractivity contribution is 9.09. The van der Waals surface area contributed by atoms with Gasteiger partial charge in [-0.3, -0.25) is 4.79 Å². The van der Waals surface area contributed by atoms with Crippen LogP contribution in [0.5, 0.6) is 0 Å². The summed E-state index contributed by atoms with van der Waals surface area (Å²) in [6.45, 7) is 4.32. The summed E-state index contributed by atoms with van der Waals surface area (Å²) in [6.07, 6.45) is 1.83. The van der Waals surface area contributed by atoms with Crippen molar-refractivity contribution < 1.29 is 4.79 Å². The molecule has 0 fully saturated rings. The van der Waals surface area contributed by atoms with Crippen molar-refractivity contribution in [3.05, 3.63) is 35.4 Å². The molecule has 1 aliphatic rings. The Bertz CT molecular complexity index is 413. The van der Waals surface area contributed by atoms with Crippen LogP contribution in [-0.4, -0.2) is 11.1 Å². The van der Waals surface area contributed by atoms with Gasteiger partial charge in [0.15, 0.2) is 0 Å². The maximum absolute atomic E-state index is 12.2. The third-order valence-electron chi connectivity index (χ3n) is 4.16. The topological polar surface area (TPSA) is 17.1 Å². The number of hydrogen-bond acceptors (Lipinski definition) is 1. The lowest BCUT2D eigenvalue weighted by Crippen LogP contribution is -2.34. The van der Waals surface area contributed by atoms with Gasteiger partial charge in [-0.05, 0) is 29.9 Å². The van der Waals surface area contributed by atoms with Gasteiger partial charge in [0.25, 0.3) is 0 Å². The summed E-state index contributed by atoms with van der Waals surface area (Å²) < 4.78 is 0. The van der Waals surface area contributed by atoms with E-state index in [4.69, 9.17) is 0 Å². The van der Waals surface area contributed by atoms with Crippen LogP contribution in [0.2, 0.25) is 0 Å². The van der Waals surface area contributed by atoms with E-state index < -0.39 is 0 Å². The van der Waals surface area contributed by atoms with Gasteiger partial charge in [0.2, 0.25) is 0 Å². The maximum atomic E-state index is 12.2. The van der Waals surface area contributed by atoms with Crippen LogP contribution in [0.15, 0.2) is 24.3 Å². The van der Waals surface area contributed by atoms with Gasteiger partial charge in [0.1, 0.15) is 5.78 Å². The molecular weight excluding hydrogens is 264 g/mol. The highest BCUT2D eigenvalue weighted by Crippen LogP contribution is 2.49. The zero-order valence-corrected chi connectivity index (χ0v) is 11.4. The van der Waals surface area contributed by atoms with Crippen LogP contribution in [0.1, 0.15) is 37.3 Å². The Morgan fingerprint density at radius 2 is 2.19 bits per heavy atom. The zero-order valence-electron chi connectivity index (χ0n) is 9.79. The summed E-state index contributed by atoms with van der Waals surface area (Å²) in [6, 6.07) is 8.46. The summed E-state index contributed by atoms with van der Waals surface area (Å²) in [5, 5.41) is 0.471. The van der Waals surface area contributed by atoms with Gasteiger partial charge in [-0.15, -0.1) is 0 Å². The summed E-state index contributed by atoms with van der Waals surface area (Å²) in [4.78, 5) is 12.2. The molecule has 16 heavy (non-hydrogen) atoms. The van der Waals surface area contributed by atoms with E-state index in [0.717, 1.165) is 12.8 Å². The second-order valence-corrected chi connectivity index (χ2v) is 5.22. The summed E-state index contributed by atoms with van der Waals surface area (Å²) in [5.41, 5.74) is 2.54. The smallest absolute Gasteiger partial charge is 0.150 e. The van der Waals surface area contributed by atoms with Crippen molar-refractivity contribution in [2.75, 3.05) is 5.33 Å². The Morgan fingerprint density at radius 3 is 2.75 bits per heavy atom. The molecule has 0 saturated heterocycles. The molecule has 0 N–H and O–H groups in total. The lowest BCUT2D eigenvalue weighted by atomic mass is 9.72. The Labute approximate surface area is 105 Å². The van der Waals surface area contributed by atoms with E-state index in [1.54, 1.807) is 0 Å². The van der Waals surface area contributed by atoms with Gasteiger partial charge in [-0.25, -0.2) is 0 Å². The third-order valence-corrected chi connectivity index (χ3v) is 4.67. The monoisotopic (exact) mass is 280 g/mol. The first-order valence-corrected chi connectivity index (χ1v) is 6.95. The fraction of sp³-hybridized carbons (Fsp3) is 0.500. The summed E-state index contributed by atoms with van der Waals surface area (Å²) in [5.74, 6) is 0.692. The third kappa shape index (κ3) is 1.55. The molecule has 0 bridgehead atoms. The molecule has 2 unspecified atom stereocenters. The van der Waals surface area contributed by atoms with Crippen molar-refractivity contribution >= 4 is 21.7 Å². The van der Waals surface area contributed by atoms with Gasteiger partial charge in [-0.2, -0.15) is 0 Å². The Kier molecular flexibility index (Phi) is 3.20. The van der Waals surface area contributed by atoms with Gasteiger partial charge >= 0.3 is 0 Å². The van der Waals surface area contributed by atoms with E-state index >= 15 is 0 Å². The predicted molar refractivity (Wildman–Crippen MR) is 70.1 cm³/mol. The average Bonchev–Trinajstić information content (AvgIpc) is 2.63. The Morgan fingerprint density at radius 1 is 1.50 bits per heavy atom. The van der Waals surface area contributed by atoms with Gasteiger partial charge in [0.05, 0.1) is 5.33 Å². The molecule has 1 aliphatic carbocycles. The van der Waals surface area contributed by atoms with E-state index in [2.05, 4.69) is 54.0 Å². The molecular formula is C14H17BrO. The second-order valence-electron chi connectivity index (χ2n) is 4.66. The first-order chi connectivity index (χ1) is 7.65. The maximum Gasteiger partial charge on any atom is 0.150 e. The second kappa shape index (κ2) is 4.33. The molecule has 1 nitrogen and oxygen atoms in total. The van der Waals surface area contributed by atoms with Crippen LogP contribution in [0.25, 0.3) is 0 Å². The van der Waals surface area contributed by atoms with Crippen LogP contribution < -0.4 is 0 Å². The van der Waals surface area contributed by atoms with E-state index in [1.165, 1.54) is 11.1 Å². The predicted octanol–water partition coefficient (Wildman–Crippen LogP) is 3.71. The van der Waals surface area contributed by atoms with E-state index in [1.807, 2.05) is 0 Å². The lowest BCUT2D eigenvalue weighted by Gasteiger charge is -2.30. The molecule has 86 valence electrons. The minimum Gasteiger partial charge on any atom is -0.298 e. The highest BCUT2D eigenvalue weighted by atomic mass is 79.9. The highest BCUT2D eigenvalue weighted by Gasteiger charge is 2.46. The van der Waals surface area contributed by atoms with Gasteiger partial charge in [-0.1, -0.05) is 54.0 Å². The number of carbonyl (C=O) groups excluding carboxylic acids is 1. The molecule has 0 heterocycles. The number of ketones is 1. The number of carbonyl (C=O) groups is 1. The summed E-state index contributed by atoms with van der Waals surface area (Å²) in [7, 11) is 0. The van der Waals surface area contributed by atoms with Gasteiger partial charge < -0.3 is 0 Å². The molecule has 2 atom stereocenters. The fourth-order valence-corrected chi connectivity index (χ4v) is 3.57. The van der Waals surface area contributed by atoms with Crippen LogP contribution >= 0.6 is 15.9 Å². The first-order valence-electron chi connectivity index (χ1n) is 5.82. The molecule has 1 aromatic rings. The molecule has 1 aromatic carbocycles. The minimum absolute atomic E-state index is 0.173. The molecule has 0 aromatic heterocycles. The molecule has 0 aliphatic heterocycles. The SMILES string of the molecule is CCC1(C(=O)CBr)Cc2ccccc2C1C. The number of rotatable bonds is 3. The first kappa shape index (κ1) is 11.8. The van der Waals surface area contributed by atoms with Crippen molar-refractivity contribution in [1.82, 2.24) is 0 Å². The van der Waals surface area contributed by atoms with Crippen molar-refractivity contribution in [2.45, 2.75) is 32.6 Å². The molecule has 0 radical (unpaired) electrons. The number of halogens is 1. The van der Waals surface area contributed by atoms with Crippen molar-refractivity contribution in [1.29, 1.82) is 0 Å². The molecule has 0 saturated carbocycles. The van der Waals surface area contributed by atoms with E-state index in [0.29, 0.717) is 17.0 Å². The number of Topliss-reactive ketones (excluding diaryl/α,β-unsaturated/α-hetero) is 1. The number of hydrogen-bond donors (Lipinski definition) is 0. The molecule has 0 spiro atoms. The fourth-order valence-electron chi connectivity index (χ4n) is 3.01. The summed E-state index contributed by atoms with van der Waals surface area (Å²) >= 11 is 3.32. The van der Waals surface area contributed by atoms with Crippen molar-refractivity contribution in [3.63, 3.8) is 0 Å². The zero-order chi connectivity index (χ0) is 11.8. The quantitative estimate of drug-likeness (QED) is 0.772. The Hall–Kier alpha value is -0.630. The molecule has 0 amide bonds. The van der Waals surface area contributed by atoms with Crippen LogP contribution in [0.3, 0.4) is 0 Å². The Balaban J connectivity index is 2.45. The van der Waals surface area contributed by atoms with Crippen LogP contribution in [-0.2, 0) is 11.2 Å². The van der Waals surface area contributed by atoms with Crippen LogP contribution in [0.4, 0.5) is 0 Å². The lowest BCUT2D eigenvalue weighted by molar-refractivity contribution is -0.126. The van der Waals surface area contributed by atoms with Gasteiger partial charge in [0, 0.05) is 5.41 Å². The van der Waals surface area contributed by atoms with E-state index in [9.17, 15) is 4.79 Å². The average molecular weight is 281 g/mol. The number of fused-ring (bicyclic) bond motifs is 1. The normalized spacial score (nSPS) is 27.8.